The van der Waals surface area contributed by atoms with Gasteiger partial charge in [-0.2, -0.15) is 0 Å². The number of aliphatic hydroxyl groups excluding tert-OH is 1. The summed E-state index contributed by atoms with van der Waals surface area (Å²) in [6, 6.07) is 10.2. The van der Waals surface area contributed by atoms with Crippen LogP contribution in [0.4, 0.5) is 4.39 Å². The Morgan fingerprint density at radius 1 is 1.29 bits per heavy atom. The van der Waals surface area contributed by atoms with E-state index >= 15 is 0 Å². The first-order valence-corrected chi connectivity index (χ1v) is 6.85. The monoisotopic (exact) mass is 293 g/mol. The van der Waals surface area contributed by atoms with Crippen LogP contribution in [0.3, 0.4) is 0 Å². The summed E-state index contributed by atoms with van der Waals surface area (Å²) in [7, 11) is 1.84. The number of rotatable bonds is 8. The van der Waals surface area contributed by atoms with Gasteiger partial charge in [0.1, 0.15) is 18.2 Å². The predicted octanol–water partition coefficient (Wildman–Crippen LogP) is 2.43. The molecule has 0 amide bonds. The Balaban J connectivity index is 1.69. The summed E-state index contributed by atoms with van der Waals surface area (Å²) in [5.74, 6) is 0.495. The third kappa shape index (κ3) is 5.30. The van der Waals surface area contributed by atoms with Crippen molar-refractivity contribution in [2.45, 2.75) is 19.3 Å². The van der Waals surface area contributed by atoms with Gasteiger partial charge in [-0.3, -0.25) is 4.90 Å². The Labute approximate surface area is 123 Å². The van der Waals surface area contributed by atoms with Crippen LogP contribution in [0.5, 0.6) is 0 Å². The van der Waals surface area contributed by atoms with Crippen LogP contribution in [-0.2, 0) is 17.9 Å². The molecule has 1 heterocycles. The molecule has 114 valence electrons. The van der Waals surface area contributed by atoms with Crippen molar-refractivity contribution in [1.82, 2.24) is 4.90 Å². The van der Waals surface area contributed by atoms with Gasteiger partial charge in [-0.05, 0) is 25.2 Å². The molecule has 2 aromatic rings. The zero-order valence-corrected chi connectivity index (χ0v) is 12.0. The van der Waals surface area contributed by atoms with Crippen LogP contribution in [0.2, 0.25) is 0 Å². The normalized spacial score (nSPS) is 12.8. The largest absolute Gasteiger partial charge is 0.467 e. The minimum absolute atomic E-state index is 0.211. The van der Waals surface area contributed by atoms with Gasteiger partial charge in [0, 0.05) is 18.7 Å². The van der Waals surface area contributed by atoms with E-state index in [1.54, 1.807) is 30.5 Å². The molecular weight excluding hydrogens is 273 g/mol. The molecule has 0 aliphatic heterocycles. The van der Waals surface area contributed by atoms with E-state index in [9.17, 15) is 9.50 Å². The van der Waals surface area contributed by atoms with E-state index in [0.29, 0.717) is 25.3 Å². The highest BCUT2D eigenvalue weighted by Gasteiger charge is 2.11. The lowest BCUT2D eigenvalue weighted by atomic mass is 10.2. The number of likely N-dealkylation sites (N-methyl/N-ethyl adjacent to an activating group) is 1. The summed E-state index contributed by atoms with van der Waals surface area (Å²) in [6.07, 6.45) is 0.953. The molecule has 1 aromatic carbocycles. The molecule has 0 radical (unpaired) electrons. The van der Waals surface area contributed by atoms with Gasteiger partial charge >= 0.3 is 0 Å². The average Bonchev–Trinajstić information content (AvgIpc) is 2.94. The number of halogens is 1. The highest BCUT2D eigenvalue weighted by Crippen LogP contribution is 2.09. The second kappa shape index (κ2) is 7.93. The summed E-state index contributed by atoms with van der Waals surface area (Å²) in [5.41, 5.74) is 0.615. The predicted molar refractivity (Wildman–Crippen MR) is 77.1 cm³/mol. The molecule has 0 aliphatic rings. The number of ether oxygens (including phenoxy) is 1. The minimum atomic E-state index is -0.628. The molecule has 0 saturated heterocycles. The highest BCUT2D eigenvalue weighted by atomic mass is 19.1. The van der Waals surface area contributed by atoms with Crippen molar-refractivity contribution in [2.24, 2.45) is 0 Å². The van der Waals surface area contributed by atoms with Crippen LogP contribution in [0.15, 0.2) is 47.1 Å². The molecule has 1 N–H and O–H groups in total. The van der Waals surface area contributed by atoms with Crippen molar-refractivity contribution in [2.75, 3.05) is 20.2 Å². The fraction of sp³-hybridized carbons (Fsp3) is 0.375. The average molecular weight is 293 g/mol. The topological polar surface area (TPSA) is 45.8 Å². The zero-order chi connectivity index (χ0) is 15.1. The molecule has 4 nitrogen and oxygen atoms in total. The molecule has 1 unspecified atom stereocenters. The van der Waals surface area contributed by atoms with Gasteiger partial charge in [-0.25, -0.2) is 4.39 Å². The summed E-state index contributed by atoms with van der Waals surface area (Å²) in [4.78, 5) is 1.86. The van der Waals surface area contributed by atoms with Gasteiger partial charge < -0.3 is 14.3 Å². The molecule has 0 aliphatic carbocycles. The van der Waals surface area contributed by atoms with E-state index in [-0.39, 0.29) is 12.4 Å². The maximum atomic E-state index is 13.5. The molecular formula is C16H20FNO3. The standard InChI is InChI=1S/C16H20FNO3/c1-18(9-13-5-2-3-7-16(13)17)10-14(19)11-20-12-15-6-4-8-21-15/h2-8,14,19H,9-12H2,1H3. The summed E-state index contributed by atoms with van der Waals surface area (Å²) in [6.45, 7) is 1.40. The molecule has 5 heteroatoms. The lowest BCUT2D eigenvalue weighted by Crippen LogP contribution is -2.32. The van der Waals surface area contributed by atoms with E-state index in [0.717, 1.165) is 5.76 Å². The van der Waals surface area contributed by atoms with Gasteiger partial charge in [0.15, 0.2) is 0 Å². The summed E-state index contributed by atoms with van der Waals surface area (Å²) in [5, 5.41) is 9.90. The van der Waals surface area contributed by atoms with E-state index < -0.39 is 6.10 Å². The van der Waals surface area contributed by atoms with Crippen LogP contribution in [0.1, 0.15) is 11.3 Å². The second-order valence-electron chi connectivity index (χ2n) is 5.04. The Kier molecular flexibility index (Phi) is 5.92. The van der Waals surface area contributed by atoms with Crippen LogP contribution in [-0.4, -0.2) is 36.3 Å². The third-order valence-electron chi connectivity index (χ3n) is 3.06. The quantitative estimate of drug-likeness (QED) is 0.812. The number of hydrogen-bond acceptors (Lipinski definition) is 4. The number of hydrogen-bond donors (Lipinski definition) is 1. The van der Waals surface area contributed by atoms with Crippen molar-refractivity contribution < 1.29 is 18.7 Å². The molecule has 21 heavy (non-hydrogen) atoms. The number of nitrogens with zero attached hydrogens (tertiary/aromatic N) is 1. The summed E-state index contributed by atoms with van der Waals surface area (Å²) < 4.78 is 24.0. The first-order valence-electron chi connectivity index (χ1n) is 6.85. The Bertz CT molecular complexity index is 530. The molecule has 0 spiro atoms. The van der Waals surface area contributed by atoms with Crippen LogP contribution < -0.4 is 0 Å². The highest BCUT2D eigenvalue weighted by molar-refractivity contribution is 5.16. The third-order valence-corrected chi connectivity index (χ3v) is 3.06. The molecule has 0 fully saturated rings. The van der Waals surface area contributed by atoms with Crippen molar-refractivity contribution in [3.63, 3.8) is 0 Å². The fourth-order valence-electron chi connectivity index (χ4n) is 2.08. The zero-order valence-electron chi connectivity index (χ0n) is 12.0. The number of furan rings is 1. The lowest BCUT2D eigenvalue weighted by molar-refractivity contribution is 0.00757. The number of aliphatic hydroxyl groups is 1. The van der Waals surface area contributed by atoms with Gasteiger partial charge in [-0.1, -0.05) is 18.2 Å². The van der Waals surface area contributed by atoms with E-state index in [1.165, 1.54) is 6.07 Å². The Morgan fingerprint density at radius 3 is 2.81 bits per heavy atom. The van der Waals surface area contributed by atoms with Crippen LogP contribution in [0.25, 0.3) is 0 Å². The van der Waals surface area contributed by atoms with Gasteiger partial charge in [0.25, 0.3) is 0 Å². The van der Waals surface area contributed by atoms with E-state index in [1.807, 2.05) is 18.0 Å². The van der Waals surface area contributed by atoms with Gasteiger partial charge in [-0.15, -0.1) is 0 Å². The smallest absolute Gasteiger partial charge is 0.129 e. The SMILES string of the molecule is CN(Cc1ccccc1F)CC(O)COCc1ccco1. The van der Waals surface area contributed by atoms with Crippen LogP contribution >= 0.6 is 0 Å². The molecule has 1 atom stereocenters. The first-order chi connectivity index (χ1) is 10.1. The number of benzene rings is 1. The Hall–Kier alpha value is -1.69. The Morgan fingerprint density at radius 2 is 2.10 bits per heavy atom. The van der Waals surface area contributed by atoms with Crippen molar-refractivity contribution in [1.29, 1.82) is 0 Å². The molecule has 2 rings (SSSR count). The molecule has 1 aromatic heterocycles. The van der Waals surface area contributed by atoms with Crippen LogP contribution in [0, 0.1) is 5.82 Å². The lowest BCUT2D eigenvalue weighted by Gasteiger charge is -2.20. The van der Waals surface area contributed by atoms with Crippen molar-refractivity contribution in [3.8, 4) is 0 Å². The molecule has 0 bridgehead atoms. The maximum absolute atomic E-state index is 13.5. The van der Waals surface area contributed by atoms with Crippen molar-refractivity contribution in [3.05, 3.63) is 59.8 Å². The molecule has 0 saturated carbocycles. The fourth-order valence-corrected chi connectivity index (χ4v) is 2.08. The van der Waals surface area contributed by atoms with Crippen molar-refractivity contribution >= 4 is 0 Å². The first kappa shape index (κ1) is 15.7. The minimum Gasteiger partial charge on any atom is -0.467 e. The maximum Gasteiger partial charge on any atom is 0.129 e. The summed E-state index contributed by atoms with van der Waals surface area (Å²) >= 11 is 0. The second-order valence-corrected chi connectivity index (χ2v) is 5.04. The van der Waals surface area contributed by atoms with E-state index in [2.05, 4.69) is 0 Å². The van der Waals surface area contributed by atoms with Gasteiger partial charge in [0.05, 0.1) is 19.0 Å². The van der Waals surface area contributed by atoms with Gasteiger partial charge in [0.2, 0.25) is 0 Å². The van der Waals surface area contributed by atoms with E-state index in [4.69, 9.17) is 9.15 Å².